The average molecular weight is 286 g/mol. The van der Waals surface area contributed by atoms with E-state index in [1.807, 2.05) is 0 Å². The Morgan fingerprint density at radius 1 is 1.42 bits per heavy atom. The second kappa shape index (κ2) is 5.81. The number of sulfonamides is 1. The van der Waals surface area contributed by atoms with Gasteiger partial charge in [-0.25, -0.2) is 18.4 Å². The van der Waals surface area contributed by atoms with Crippen LogP contribution in [-0.2, 0) is 14.8 Å². The first-order chi connectivity index (χ1) is 9.09. The molecule has 1 aromatic rings. The highest BCUT2D eigenvalue weighted by molar-refractivity contribution is 7.89. The predicted octanol–water partition coefficient (Wildman–Crippen LogP) is 0.318. The number of aromatic nitrogens is 2. The summed E-state index contributed by atoms with van der Waals surface area (Å²) in [7, 11) is -0.297. The first-order valence-corrected chi connectivity index (χ1v) is 7.54. The molecular weight excluding hydrogens is 268 g/mol. The van der Waals surface area contributed by atoms with Gasteiger partial charge in [0.25, 0.3) is 0 Å². The zero-order valence-electron chi connectivity index (χ0n) is 11.0. The summed E-state index contributed by atoms with van der Waals surface area (Å²) >= 11 is 0. The van der Waals surface area contributed by atoms with Gasteiger partial charge in [-0.15, -0.1) is 0 Å². The van der Waals surface area contributed by atoms with Crippen molar-refractivity contribution in [1.82, 2.24) is 14.3 Å². The molecule has 0 aromatic carbocycles. The van der Waals surface area contributed by atoms with Gasteiger partial charge in [0, 0.05) is 26.7 Å². The Balaban J connectivity index is 2.22. The highest BCUT2D eigenvalue weighted by atomic mass is 32.2. The lowest BCUT2D eigenvalue weighted by atomic mass is 10.6. The third-order valence-corrected chi connectivity index (χ3v) is 4.83. The fourth-order valence-electron chi connectivity index (χ4n) is 1.76. The lowest BCUT2D eigenvalue weighted by Gasteiger charge is -2.21. The quantitative estimate of drug-likeness (QED) is 0.777. The number of nitrogens with one attached hydrogen (secondary N) is 1. The van der Waals surface area contributed by atoms with Gasteiger partial charge in [-0.3, -0.25) is 0 Å². The molecule has 1 aromatic heterocycles. The molecule has 1 heterocycles. The Morgan fingerprint density at radius 3 is 2.53 bits per heavy atom. The fourth-order valence-corrected chi connectivity index (χ4v) is 3.32. The summed E-state index contributed by atoms with van der Waals surface area (Å²) in [5, 5.41) is 2.75. The summed E-state index contributed by atoms with van der Waals surface area (Å²) in [5.74, 6) is 0.397. The van der Waals surface area contributed by atoms with Crippen LogP contribution < -0.4 is 5.32 Å². The van der Waals surface area contributed by atoms with Crippen molar-refractivity contribution < 1.29 is 13.2 Å². The Morgan fingerprint density at radius 2 is 2.05 bits per heavy atom. The van der Waals surface area contributed by atoms with E-state index in [-0.39, 0.29) is 10.9 Å². The van der Waals surface area contributed by atoms with Gasteiger partial charge in [0.1, 0.15) is 4.90 Å². The predicted molar refractivity (Wildman–Crippen MR) is 70.4 cm³/mol. The maximum absolute atomic E-state index is 12.5. The van der Waals surface area contributed by atoms with E-state index >= 15 is 0 Å². The molecule has 0 amide bonds. The Hall–Kier alpha value is -1.25. The second-order valence-electron chi connectivity index (χ2n) is 4.33. The van der Waals surface area contributed by atoms with Crippen molar-refractivity contribution in [3.05, 3.63) is 12.4 Å². The molecule has 7 nitrogen and oxygen atoms in total. The molecule has 0 unspecified atom stereocenters. The minimum atomic E-state index is -3.53. The Labute approximate surface area is 113 Å². The average Bonchev–Trinajstić information content (AvgIpc) is 3.23. The monoisotopic (exact) mass is 286 g/mol. The number of anilines is 1. The summed E-state index contributed by atoms with van der Waals surface area (Å²) < 4.78 is 31.4. The number of nitrogens with zero attached hydrogens (tertiary/aromatic N) is 3. The van der Waals surface area contributed by atoms with Crippen LogP contribution in [0.1, 0.15) is 12.8 Å². The van der Waals surface area contributed by atoms with Crippen molar-refractivity contribution in [2.45, 2.75) is 23.8 Å². The molecule has 1 saturated carbocycles. The molecule has 106 valence electrons. The highest BCUT2D eigenvalue weighted by Crippen LogP contribution is 2.31. The summed E-state index contributed by atoms with van der Waals surface area (Å²) in [6, 6.07) is 0.0872. The highest BCUT2D eigenvalue weighted by Gasteiger charge is 2.38. The summed E-state index contributed by atoms with van der Waals surface area (Å²) in [5.41, 5.74) is 0. The van der Waals surface area contributed by atoms with Crippen LogP contribution in [0.5, 0.6) is 0 Å². The van der Waals surface area contributed by atoms with Crippen molar-refractivity contribution in [3.8, 4) is 0 Å². The van der Waals surface area contributed by atoms with E-state index in [2.05, 4.69) is 15.3 Å². The van der Waals surface area contributed by atoms with Crippen LogP contribution in [0.15, 0.2) is 17.3 Å². The summed E-state index contributed by atoms with van der Waals surface area (Å²) in [6.45, 7) is 0.739. The molecule has 0 spiro atoms. The van der Waals surface area contributed by atoms with Crippen LogP contribution in [-0.4, -0.2) is 56.0 Å². The lowest BCUT2D eigenvalue weighted by molar-refractivity contribution is 0.177. The van der Waals surface area contributed by atoms with Gasteiger partial charge in [0.05, 0.1) is 19.0 Å². The molecule has 0 atom stereocenters. The smallest absolute Gasteiger partial charge is 0.246 e. The van der Waals surface area contributed by atoms with Gasteiger partial charge in [-0.1, -0.05) is 0 Å². The van der Waals surface area contributed by atoms with Crippen molar-refractivity contribution in [2.24, 2.45) is 0 Å². The SMILES string of the molecule is CNc1ncc(S(=O)(=O)N(CCOC)C2CC2)cn1. The van der Waals surface area contributed by atoms with E-state index in [0.29, 0.717) is 19.1 Å². The Bertz CT molecular complexity index is 513. The first-order valence-electron chi connectivity index (χ1n) is 6.10. The van der Waals surface area contributed by atoms with E-state index < -0.39 is 10.0 Å². The van der Waals surface area contributed by atoms with Crippen LogP contribution in [0.3, 0.4) is 0 Å². The maximum atomic E-state index is 12.5. The lowest BCUT2D eigenvalue weighted by Crippen LogP contribution is -2.36. The molecule has 19 heavy (non-hydrogen) atoms. The fraction of sp³-hybridized carbons (Fsp3) is 0.636. The zero-order chi connectivity index (χ0) is 13.9. The standard InChI is InChI=1S/C11H18N4O3S/c1-12-11-13-7-10(8-14-11)19(16,17)15(5-6-18-2)9-3-4-9/h7-9H,3-6H2,1-2H3,(H,12,13,14). The van der Waals surface area contributed by atoms with E-state index in [1.54, 1.807) is 14.2 Å². The van der Waals surface area contributed by atoms with Crippen molar-refractivity contribution in [3.63, 3.8) is 0 Å². The molecule has 0 bridgehead atoms. The normalized spacial score (nSPS) is 15.7. The molecule has 1 aliphatic carbocycles. The molecule has 1 fully saturated rings. The number of hydrogen-bond acceptors (Lipinski definition) is 6. The van der Waals surface area contributed by atoms with Gasteiger partial charge in [0.2, 0.25) is 16.0 Å². The first kappa shape index (κ1) is 14.2. The number of hydrogen-bond donors (Lipinski definition) is 1. The van der Waals surface area contributed by atoms with Crippen LogP contribution in [0.25, 0.3) is 0 Å². The minimum absolute atomic E-state index is 0.0872. The van der Waals surface area contributed by atoms with Crippen LogP contribution in [0.2, 0.25) is 0 Å². The minimum Gasteiger partial charge on any atom is -0.383 e. The number of ether oxygens (including phenoxy) is 1. The van der Waals surface area contributed by atoms with E-state index in [4.69, 9.17) is 4.74 Å². The van der Waals surface area contributed by atoms with Gasteiger partial charge < -0.3 is 10.1 Å². The maximum Gasteiger partial charge on any atom is 0.246 e. The molecule has 0 radical (unpaired) electrons. The molecule has 2 rings (SSSR count). The zero-order valence-corrected chi connectivity index (χ0v) is 11.9. The van der Waals surface area contributed by atoms with Crippen LogP contribution in [0, 0.1) is 0 Å². The van der Waals surface area contributed by atoms with Gasteiger partial charge in [-0.2, -0.15) is 4.31 Å². The van der Waals surface area contributed by atoms with Crippen molar-refractivity contribution >= 4 is 16.0 Å². The third-order valence-electron chi connectivity index (χ3n) is 2.93. The third kappa shape index (κ3) is 3.20. The second-order valence-corrected chi connectivity index (χ2v) is 6.22. The largest absolute Gasteiger partial charge is 0.383 e. The van der Waals surface area contributed by atoms with E-state index in [0.717, 1.165) is 12.8 Å². The molecule has 1 N–H and O–H groups in total. The van der Waals surface area contributed by atoms with E-state index in [1.165, 1.54) is 16.7 Å². The van der Waals surface area contributed by atoms with Gasteiger partial charge >= 0.3 is 0 Å². The molecule has 8 heteroatoms. The van der Waals surface area contributed by atoms with Crippen LogP contribution >= 0.6 is 0 Å². The molecule has 0 saturated heterocycles. The molecule has 1 aliphatic rings. The molecule has 0 aliphatic heterocycles. The number of methoxy groups -OCH3 is 1. The Kier molecular flexibility index (Phi) is 4.33. The van der Waals surface area contributed by atoms with Crippen molar-refractivity contribution in [2.75, 3.05) is 32.6 Å². The van der Waals surface area contributed by atoms with Gasteiger partial charge in [0.15, 0.2) is 0 Å². The van der Waals surface area contributed by atoms with E-state index in [9.17, 15) is 8.42 Å². The van der Waals surface area contributed by atoms with Gasteiger partial charge in [-0.05, 0) is 12.8 Å². The van der Waals surface area contributed by atoms with Crippen molar-refractivity contribution in [1.29, 1.82) is 0 Å². The summed E-state index contributed by atoms with van der Waals surface area (Å²) in [6.07, 6.45) is 4.46. The molecular formula is C11H18N4O3S. The topological polar surface area (TPSA) is 84.4 Å². The summed E-state index contributed by atoms with van der Waals surface area (Å²) in [4.78, 5) is 8.01. The number of rotatable bonds is 7. The van der Waals surface area contributed by atoms with Crippen LogP contribution in [0.4, 0.5) is 5.95 Å².